The van der Waals surface area contributed by atoms with Gasteiger partial charge in [-0.25, -0.2) is 9.59 Å². The quantitative estimate of drug-likeness (QED) is 0.426. The van der Waals surface area contributed by atoms with E-state index in [9.17, 15) is 0 Å². The van der Waals surface area contributed by atoms with Gasteiger partial charge in [0.15, 0.2) is 0 Å². The summed E-state index contributed by atoms with van der Waals surface area (Å²) in [4.78, 5) is 20.7. The Morgan fingerprint density at radius 1 is 0.818 bits per heavy atom. The third-order valence-electron chi connectivity index (χ3n) is 5.65. The van der Waals surface area contributed by atoms with Crippen molar-refractivity contribution in [2.24, 2.45) is 0 Å². The molecule has 172 valence electrons. The first-order valence-electron chi connectivity index (χ1n) is 10.6. The molecule has 0 saturated heterocycles. The standard InChI is InChI=1S/C24H23Cl2N.C2H2O4/c25-23-11-9-18(10-12-23)19(15-20-5-3-4-8-24(20)26)13-14-27-16-21-6-1-2-7-22(21)17-27;3-1(4)2(5)6/h1-12,19H,13-17H2;(H,3,4)(H,5,6). The highest BCUT2D eigenvalue weighted by atomic mass is 35.5. The Hall–Kier alpha value is -2.86. The summed E-state index contributed by atoms with van der Waals surface area (Å²) >= 11 is 12.5. The first-order chi connectivity index (χ1) is 15.8. The Balaban J connectivity index is 0.000000454. The lowest BCUT2D eigenvalue weighted by Gasteiger charge is -2.22. The number of carboxylic acid groups (broad SMARTS) is 2. The fourth-order valence-electron chi connectivity index (χ4n) is 3.95. The summed E-state index contributed by atoms with van der Waals surface area (Å²) in [7, 11) is 0. The first-order valence-corrected chi connectivity index (χ1v) is 11.3. The van der Waals surface area contributed by atoms with Crippen LogP contribution in [0.5, 0.6) is 0 Å². The van der Waals surface area contributed by atoms with E-state index in [0.29, 0.717) is 5.92 Å². The summed E-state index contributed by atoms with van der Waals surface area (Å²) in [6, 6.07) is 25.2. The second-order valence-electron chi connectivity index (χ2n) is 7.92. The van der Waals surface area contributed by atoms with E-state index in [4.69, 9.17) is 43.0 Å². The lowest BCUT2D eigenvalue weighted by Crippen LogP contribution is -2.20. The van der Waals surface area contributed by atoms with Crippen molar-refractivity contribution < 1.29 is 19.8 Å². The second-order valence-corrected chi connectivity index (χ2v) is 8.77. The van der Waals surface area contributed by atoms with Crippen molar-refractivity contribution in [1.82, 2.24) is 4.90 Å². The molecular weight excluding hydrogens is 461 g/mol. The van der Waals surface area contributed by atoms with Crippen LogP contribution in [0.2, 0.25) is 10.0 Å². The third kappa shape index (κ3) is 7.32. The lowest BCUT2D eigenvalue weighted by molar-refractivity contribution is -0.159. The number of carbonyl (C=O) groups is 2. The number of rotatable bonds is 6. The molecule has 0 radical (unpaired) electrons. The van der Waals surface area contributed by atoms with Gasteiger partial charge in [-0.3, -0.25) is 4.90 Å². The zero-order valence-corrected chi connectivity index (χ0v) is 19.5. The topological polar surface area (TPSA) is 77.8 Å². The Morgan fingerprint density at radius 2 is 1.36 bits per heavy atom. The summed E-state index contributed by atoms with van der Waals surface area (Å²) in [5.41, 5.74) is 5.47. The van der Waals surface area contributed by atoms with Gasteiger partial charge in [0.2, 0.25) is 0 Å². The zero-order chi connectivity index (χ0) is 23.8. The van der Waals surface area contributed by atoms with Crippen LogP contribution in [0.3, 0.4) is 0 Å². The highest BCUT2D eigenvalue weighted by Gasteiger charge is 2.21. The number of benzene rings is 3. The van der Waals surface area contributed by atoms with Gasteiger partial charge >= 0.3 is 11.9 Å². The van der Waals surface area contributed by atoms with Gasteiger partial charge in [0, 0.05) is 23.1 Å². The molecule has 1 aliphatic rings. The van der Waals surface area contributed by atoms with Gasteiger partial charge in [-0.05, 0) is 65.8 Å². The van der Waals surface area contributed by atoms with E-state index in [1.165, 1.54) is 22.3 Å². The molecule has 0 amide bonds. The van der Waals surface area contributed by atoms with Crippen LogP contribution in [0.25, 0.3) is 0 Å². The Labute approximate surface area is 203 Å². The highest BCUT2D eigenvalue weighted by Crippen LogP contribution is 2.30. The van der Waals surface area contributed by atoms with Crippen LogP contribution < -0.4 is 0 Å². The maximum atomic E-state index is 9.10. The molecule has 0 bridgehead atoms. The number of carboxylic acids is 2. The van der Waals surface area contributed by atoms with E-state index in [2.05, 4.69) is 53.4 Å². The molecule has 3 aromatic carbocycles. The molecular formula is C26H25Cl2NO4. The lowest BCUT2D eigenvalue weighted by atomic mass is 9.89. The summed E-state index contributed by atoms with van der Waals surface area (Å²) in [5, 5.41) is 16.4. The number of halogens is 2. The van der Waals surface area contributed by atoms with Gasteiger partial charge in [-0.15, -0.1) is 0 Å². The molecule has 4 rings (SSSR count). The van der Waals surface area contributed by atoms with Crippen molar-refractivity contribution in [3.63, 3.8) is 0 Å². The molecule has 1 atom stereocenters. The van der Waals surface area contributed by atoms with E-state index in [-0.39, 0.29) is 0 Å². The molecule has 1 heterocycles. The average Bonchev–Trinajstić information content (AvgIpc) is 3.22. The molecule has 5 nitrogen and oxygen atoms in total. The van der Waals surface area contributed by atoms with E-state index in [1.807, 2.05) is 24.3 Å². The summed E-state index contributed by atoms with van der Waals surface area (Å²) in [6.45, 7) is 3.18. The third-order valence-corrected chi connectivity index (χ3v) is 6.27. The second kappa shape index (κ2) is 11.8. The molecule has 1 aliphatic heterocycles. The van der Waals surface area contributed by atoms with Crippen molar-refractivity contribution in [2.45, 2.75) is 31.8 Å². The zero-order valence-electron chi connectivity index (χ0n) is 18.0. The monoisotopic (exact) mass is 485 g/mol. The Morgan fingerprint density at radius 3 is 1.91 bits per heavy atom. The Bertz CT molecular complexity index is 1060. The van der Waals surface area contributed by atoms with Gasteiger partial charge in [0.1, 0.15) is 0 Å². The van der Waals surface area contributed by atoms with Crippen molar-refractivity contribution in [1.29, 1.82) is 0 Å². The minimum Gasteiger partial charge on any atom is -0.473 e. The smallest absolute Gasteiger partial charge is 0.414 e. The van der Waals surface area contributed by atoms with Crippen LogP contribution in [-0.4, -0.2) is 33.6 Å². The van der Waals surface area contributed by atoms with Crippen LogP contribution in [0, 0.1) is 0 Å². The van der Waals surface area contributed by atoms with Crippen LogP contribution >= 0.6 is 23.2 Å². The van der Waals surface area contributed by atoms with Crippen LogP contribution in [-0.2, 0) is 29.1 Å². The van der Waals surface area contributed by atoms with Gasteiger partial charge in [0.25, 0.3) is 0 Å². The molecule has 0 spiro atoms. The first kappa shape index (κ1) is 24.8. The largest absolute Gasteiger partial charge is 0.473 e. The molecule has 0 aromatic heterocycles. The van der Waals surface area contributed by atoms with Gasteiger partial charge in [-0.1, -0.05) is 77.8 Å². The maximum absolute atomic E-state index is 9.10. The molecule has 2 N–H and O–H groups in total. The van der Waals surface area contributed by atoms with Crippen molar-refractivity contribution in [3.8, 4) is 0 Å². The summed E-state index contributed by atoms with van der Waals surface area (Å²) < 4.78 is 0. The van der Waals surface area contributed by atoms with E-state index >= 15 is 0 Å². The molecule has 33 heavy (non-hydrogen) atoms. The number of fused-ring (bicyclic) bond motifs is 1. The SMILES string of the molecule is Clc1ccc(C(CCN2Cc3ccccc3C2)Cc2ccccc2Cl)cc1.O=C(O)C(=O)O. The maximum Gasteiger partial charge on any atom is 0.414 e. The molecule has 0 aliphatic carbocycles. The Kier molecular flexibility index (Phi) is 8.89. The molecule has 0 fully saturated rings. The number of hydrogen-bond acceptors (Lipinski definition) is 3. The normalized spacial score (nSPS) is 13.5. The van der Waals surface area contributed by atoms with Crippen molar-refractivity contribution in [3.05, 3.63) is 105 Å². The number of aliphatic carboxylic acids is 2. The molecule has 1 unspecified atom stereocenters. The van der Waals surface area contributed by atoms with E-state index in [0.717, 1.165) is 42.5 Å². The number of hydrogen-bond donors (Lipinski definition) is 2. The minimum atomic E-state index is -1.82. The summed E-state index contributed by atoms with van der Waals surface area (Å²) in [6.07, 6.45) is 2.04. The predicted molar refractivity (Wildman–Crippen MR) is 130 cm³/mol. The fraction of sp³-hybridized carbons (Fsp3) is 0.231. The van der Waals surface area contributed by atoms with Crippen LogP contribution in [0.4, 0.5) is 0 Å². The number of nitrogens with zero attached hydrogens (tertiary/aromatic N) is 1. The average molecular weight is 486 g/mol. The summed E-state index contributed by atoms with van der Waals surface area (Å²) in [5.74, 6) is -3.23. The van der Waals surface area contributed by atoms with E-state index in [1.54, 1.807) is 0 Å². The van der Waals surface area contributed by atoms with Crippen LogP contribution in [0.1, 0.15) is 34.6 Å². The van der Waals surface area contributed by atoms with Gasteiger partial charge < -0.3 is 10.2 Å². The van der Waals surface area contributed by atoms with Crippen LogP contribution in [0.15, 0.2) is 72.8 Å². The molecule has 0 saturated carbocycles. The minimum absolute atomic E-state index is 0.422. The predicted octanol–water partition coefficient (Wildman–Crippen LogP) is 5.88. The molecule has 7 heteroatoms. The molecule has 3 aromatic rings. The van der Waals surface area contributed by atoms with Gasteiger partial charge in [-0.2, -0.15) is 0 Å². The van der Waals surface area contributed by atoms with E-state index < -0.39 is 11.9 Å². The van der Waals surface area contributed by atoms with Crippen molar-refractivity contribution in [2.75, 3.05) is 6.54 Å². The highest BCUT2D eigenvalue weighted by molar-refractivity contribution is 6.31. The van der Waals surface area contributed by atoms with Gasteiger partial charge in [0.05, 0.1) is 0 Å². The van der Waals surface area contributed by atoms with Crippen molar-refractivity contribution >= 4 is 35.1 Å². The fourth-order valence-corrected chi connectivity index (χ4v) is 4.29.